The van der Waals surface area contributed by atoms with Crippen LogP contribution in [0.4, 0.5) is 11.7 Å². The van der Waals surface area contributed by atoms with Crippen LogP contribution in [0.3, 0.4) is 0 Å². The fraction of sp³-hybridized carbons (Fsp3) is 0.231. The maximum absolute atomic E-state index is 10.7. The van der Waals surface area contributed by atoms with Crippen molar-refractivity contribution in [2.75, 3.05) is 5.32 Å². The Morgan fingerprint density at radius 3 is 2.95 bits per heavy atom. The molecule has 108 valence electrons. The third kappa shape index (κ3) is 2.70. The minimum Gasteiger partial charge on any atom is -0.424 e. The smallest absolute Gasteiger partial charge is 0.296 e. The highest BCUT2D eigenvalue weighted by Crippen LogP contribution is 2.27. The van der Waals surface area contributed by atoms with Crippen LogP contribution in [0.2, 0.25) is 0 Å². The molecule has 0 spiro atoms. The Kier molecular flexibility index (Phi) is 3.30. The number of aromatic nitrogens is 2. The van der Waals surface area contributed by atoms with Crippen molar-refractivity contribution in [1.29, 1.82) is 0 Å². The van der Waals surface area contributed by atoms with Gasteiger partial charge in [-0.3, -0.25) is 10.1 Å². The van der Waals surface area contributed by atoms with Gasteiger partial charge in [-0.25, -0.2) is 4.98 Å². The highest BCUT2D eigenvalue weighted by Gasteiger charge is 2.15. The highest BCUT2D eigenvalue weighted by atomic mass is 32.1. The number of fused-ring (bicyclic) bond motifs is 1. The van der Waals surface area contributed by atoms with E-state index in [9.17, 15) is 10.1 Å². The van der Waals surface area contributed by atoms with Gasteiger partial charge in [-0.15, -0.1) is 11.3 Å². The fourth-order valence-electron chi connectivity index (χ4n) is 1.91. The quantitative estimate of drug-likeness (QED) is 0.583. The second-order valence-electron chi connectivity index (χ2n) is 4.60. The van der Waals surface area contributed by atoms with E-state index in [4.69, 9.17) is 4.42 Å². The molecule has 0 aliphatic rings. The topological polar surface area (TPSA) is 94.1 Å². The molecule has 1 aromatic carbocycles. The van der Waals surface area contributed by atoms with Gasteiger partial charge in [-0.05, 0) is 19.9 Å². The van der Waals surface area contributed by atoms with E-state index in [0.29, 0.717) is 17.1 Å². The summed E-state index contributed by atoms with van der Waals surface area (Å²) in [6.07, 6.45) is 1.81. The molecule has 0 amide bonds. The third-order valence-electron chi connectivity index (χ3n) is 2.93. The number of hydrogen-bond donors (Lipinski definition) is 1. The normalized spacial score (nSPS) is 12.5. The molecule has 0 bridgehead atoms. The summed E-state index contributed by atoms with van der Waals surface area (Å²) in [5.74, 6) is 0. The van der Waals surface area contributed by atoms with Crippen LogP contribution in [0.5, 0.6) is 0 Å². The number of hydrogen-bond acceptors (Lipinski definition) is 7. The molecule has 2 heterocycles. The Morgan fingerprint density at radius 1 is 1.48 bits per heavy atom. The molecule has 1 atom stereocenters. The Balaban J connectivity index is 1.85. The summed E-state index contributed by atoms with van der Waals surface area (Å²) >= 11 is 1.60. The van der Waals surface area contributed by atoms with E-state index in [0.717, 1.165) is 9.88 Å². The van der Waals surface area contributed by atoms with Crippen LogP contribution in [-0.2, 0) is 0 Å². The van der Waals surface area contributed by atoms with Crippen LogP contribution in [0.15, 0.2) is 28.8 Å². The van der Waals surface area contributed by atoms with Gasteiger partial charge in [0.25, 0.3) is 11.7 Å². The van der Waals surface area contributed by atoms with Gasteiger partial charge in [-0.2, -0.15) is 4.98 Å². The average Bonchev–Trinajstić information content (AvgIpc) is 3.03. The van der Waals surface area contributed by atoms with E-state index in [1.807, 2.05) is 20.0 Å². The summed E-state index contributed by atoms with van der Waals surface area (Å²) in [7, 11) is 0. The first-order valence-corrected chi connectivity index (χ1v) is 7.08. The molecule has 0 fully saturated rings. The molecule has 2 aromatic heterocycles. The van der Waals surface area contributed by atoms with Crippen LogP contribution >= 0.6 is 11.3 Å². The van der Waals surface area contributed by atoms with Gasteiger partial charge in [0.2, 0.25) is 0 Å². The molecule has 3 aromatic rings. The first kappa shape index (κ1) is 13.5. The van der Waals surface area contributed by atoms with Gasteiger partial charge < -0.3 is 9.73 Å². The second kappa shape index (κ2) is 5.13. The lowest BCUT2D eigenvalue weighted by Gasteiger charge is -2.07. The fourth-order valence-corrected chi connectivity index (χ4v) is 2.69. The standard InChI is InChI=1S/C13H12N4O3S/c1-7-6-14-12(21-7)8(2)15-13-16-10-5-9(17(18)19)3-4-11(10)20-13/h3-6,8H,1-2H3,(H,15,16). The van der Waals surface area contributed by atoms with E-state index in [2.05, 4.69) is 15.3 Å². The minimum absolute atomic E-state index is 0.00838. The van der Waals surface area contributed by atoms with Crippen molar-refractivity contribution < 1.29 is 9.34 Å². The summed E-state index contributed by atoms with van der Waals surface area (Å²) in [6, 6.07) is 4.61. The molecule has 1 unspecified atom stereocenters. The van der Waals surface area contributed by atoms with Crippen molar-refractivity contribution in [1.82, 2.24) is 9.97 Å². The highest BCUT2D eigenvalue weighted by molar-refractivity contribution is 7.11. The zero-order valence-electron chi connectivity index (χ0n) is 11.4. The molecule has 0 aliphatic carbocycles. The number of oxazole rings is 1. The minimum atomic E-state index is -0.456. The van der Waals surface area contributed by atoms with E-state index in [-0.39, 0.29) is 11.7 Å². The number of anilines is 1. The summed E-state index contributed by atoms with van der Waals surface area (Å²) in [5.41, 5.74) is 0.950. The van der Waals surface area contributed by atoms with E-state index in [1.165, 1.54) is 12.1 Å². The Bertz CT molecular complexity index is 811. The molecule has 21 heavy (non-hydrogen) atoms. The summed E-state index contributed by atoms with van der Waals surface area (Å²) in [4.78, 5) is 19.9. The molecule has 1 N–H and O–H groups in total. The SMILES string of the molecule is Cc1cnc(C(C)Nc2nc3cc([N+](=O)[O-])ccc3o2)s1. The number of nitro groups is 1. The molecule has 0 aliphatic heterocycles. The number of nitro benzene ring substituents is 1. The molecule has 0 saturated heterocycles. The lowest BCUT2D eigenvalue weighted by atomic mass is 10.3. The molecule has 7 nitrogen and oxygen atoms in total. The van der Waals surface area contributed by atoms with Crippen molar-refractivity contribution in [3.05, 3.63) is 44.4 Å². The van der Waals surface area contributed by atoms with Crippen LogP contribution < -0.4 is 5.32 Å². The van der Waals surface area contributed by atoms with Crippen molar-refractivity contribution >= 4 is 34.1 Å². The predicted molar refractivity (Wildman–Crippen MR) is 79.6 cm³/mol. The van der Waals surface area contributed by atoms with Crippen LogP contribution in [0.25, 0.3) is 11.1 Å². The van der Waals surface area contributed by atoms with Crippen LogP contribution in [0, 0.1) is 17.0 Å². The number of nitrogens with one attached hydrogen (secondary N) is 1. The number of rotatable bonds is 4. The second-order valence-corrected chi connectivity index (χ2v) is 5.87. The van der Waals surface area contributed by atoms with Gasteiger partial charge >= 0.3 is 0 Å². The van der Waals surface area contributed by atoms with Crippen molar-refractivity contribution in [3.63, 3.8) is 0 Å². The molecular weight excluding hydrogens is 292 g/mol. The molecule has 0 saturated carbocycles. The Hall–Kier alpha value is -2.48. The zero-order valence-corrected chi connectivity index (χ0v) is 12.2. The first-order chi connectivity index (χ1) is 10.0. The van der Waals surface area contributed by atoms with Crippen LogP contribution in [-0.4, -0.2) is 14.9 Å². The maximum Gasteiger partial charge on any atom is 0.296 e. The number of nitrogens with zero attached hydrogens (tertiary/aromatic N) is 3. The molecule has 3 rings (SSSR count). The zero-order chi connectivity index (χ0) is 15.0. The molecule has 8 heteroatoms. The predicted octanol–water partition coefficient (Wildman–Crippen LogP) is 3.67. The number of non-ortho nitro benzene ring substituents is 1. The third-order valence-corrected chi connectivity index (χ3v) is 4.03. The van der Waals surface area contributed by atoms with E-state index in [1.54, 1.807) is 17.4 Å². The summed E-state index contributed by atoms with van der Waals surface area (Å²) in [6.45, 7) is 3.95. The van der Waals surface area contributed by atoms with Gasteiger partial charge in [0.15, 0.2) is 5.58 Å². The lowest BCUT2D eigenvalue weighted by Crippen LogP contribution is -2.06. The average molecular weight is 304 g/mol. The van der Waals surface area contributed by atoms with E-state index >= 15 is 0 Å². The first-order valence-electron chi connectivity index (χ1n) is 6.27. The van der Waals surface area contributed by atoms with Crippen molar-refractivity contribution in [3.8, 4) is 0 Å². The van der Waals surface area contributed by atoms with Gasteiger partial charge in [0, 0.05) is 23.2 Å². The summed E-state index contributed by atoms with van der Waals surface area (Å²) < 4.78 is 5.53. The lowest BCUT2D eigenvalue weighted by molar-refractivity contribution is -0.384. The Labute approximate surface area is 123 Å². The van der Waals surface area contributed by atoms with Gasteiger partial charge in [-0.1, -0.05) is 0 Å². The van der Waals surface area contributed by atoms with Crippen molar-refractivity contribution in [2.24, 2.45) is 0 Å². The maximum atomic E-state index is 10.7. The van der Waals surface area contributed by atoms with Gasteiger partial charge in [0.1, 0.15) is 10.5 Å². The molecular formula is C13H12N4O3S. The van der Waals surface area contributed by atoms with E-state index < -0.39 is 4.92 Å². The van der Waals surface area contributed by atoms with Gasteiger partial charge in [0.05, 0.1) is 11.0 Å². The largest absolute Gasteiger partial charge is 0.424 e. The van der Waals surface area contributed by atoms with Crippen molar-refractivity contribution in [2.45, 2.75) is 19.9 Å². The van der Waals surface area contributed by atoms with Crippen LogP contribution in [0.1, 0.15) is 22.9 Å². The number of benzene rings is 1. The summed E-state index contributed by atoms with van der Waals surface area (Å²) in [5, 5.41) is 14.8. The molecule has 0 radical (unpaired) electrons. The Morgan fingerprint density at radius 2 is 2.29 bits per heavy atom. The monoisotopic (exact) mass is 304 g/mol. The number of aryl methyl sites for hydroxylation is 1. The number of thiazole rings is 1.